The average Bonchev–Trinajstić information content (AvgIpc) is 2.93. The van der Waals surface area contributed by atoms with Gasteiger partial charge in [0.25, 0.3) is 0 Å². The predicted molar refractivity (Wildman–Crippen MR) is 86.1 cm³/mol. The van der Waals surface area contributed by atoms with E-state index in [9.17, 15) is 4.39 Å². The van der Waals surface area contributed by atoms with Crippen molar-refractivity contribution in [2.24, 2.45) is 5.73 Å². The largest absolute Gasteiger partial charge is 0.329 e. The van der Waals surface area contributed by atoms with Crippen LogP contribution in [0.25, 0.3) is 0 Å². The van der Waals surface area contributed by atoms with Crippen LogP contribution in [0.2, 0.25) is 5.02 Å². The lowest BCUT2D eigenvalue weighted by molar-refractivity contribution is 0.188. The zero-order chi connectivity index (χ0) is 15.4. The zero-order valence-electron chi connectivity index (χ0n) is 12.9. The minimum absolute atomic E-state index is 0.0668. The molecule has 1 aliphatic rings. The Morgan fingerprint density at radius 2 is 2.14 bits per heavy atom. The van der Waals surface area contributed by atoms with Crippen LogP contribution in [-0.2, 0) is 0 Å². The molecule has 0 amide bonds. The third-order valence-electron chi connectivity index (χ3n) is 4.51. The lowest BCUT2D eigenvalue weighted by atomic mass is 10.1. The molecule has 2 rings (SSSR count). The lowest BCUT2D eigenvalue weighted by Crippen LogP contribution is -2.39. The van der Waals surface area contributed by atoms with Crippen LogP contribution < -0.4 is 5.73 Å². The first kappa shape index (κ1) is 16.7. The highest BCUT2D eigenvalue weighted by atomic mass is 35.5. The molecule has 2 N–H and O–H groups in total. The molecule has 1 aromatic rings. The smallest absolute Gasteiger partial charge is 0.129 e. The van der Waals surface area contributed by atoms with Gasteiger partial charge < -0.3 is 5.73 Å². The Kier molecular flexibility index (Phi) is 5.99. The molecule has 21 heavy (non-hydrogen) atoms. The summed E-state index contributed by atoms with van der Waals surface area (Å²) in [6.07, 6.45) is 1.12. The molecule has 0 aliphatic carbocycles. The summed E-state index contributed by atoms with van der Waals surface area (Å²) in [6.45, 7) is 8.81. The summed E-state index contributed by atoms with van der Waals surface area (Å²) in [5.74, 6) is -0.260. The second kappa shape index (κ2) is 7.54. The van der Waals surface area contributed by atoms with Crippen LogP contribution in [0.4, 0.5) is 4.39 Å². The van der Waals surface area contributed by atoms with Gasteiger partial charge in [0.1, 0.15) is 5.82 Å². The molecule has 0 spiro atoms. The zero-order valence-corrected chi connectivity index (χ0v) is 13.6. The summed E-state index contributed by atoms with van der Waals surface area (Å²) in [5, 5.41) is 0.425. The van der Waals surface area contributed by atoms with Gasteiger partial charge in [-0.25, -0.2) is 4.39 Å². The van der Waals surface area contributed by atoms with Gasteiger partial charge in [0.2, 0.25) is 0 Å². The van der Waals surface area contributed by atoms with E-state index in [1.807, 2.05) is 0 Å². The van der Waals surface area contributed by atoms with Gasteiger partial charge in [0.15, 0.2) is 0 Å². The van der Waals surface area contributed by atoms with Crippen molar-refractivity contribution in [2.45, 2.75) is 32.4 Å². The van der Waals surface area contributed by atoms with E-state index in [1.165, 1.54) is 6.07 Å². The van der Waals surface area contributed by atoms with E-state index in [2.05, 4.69) is 23.6 Å². The molecule has 118 valence electrons. The van der Waals surface area contributed by atoms with E-state index in [-0.39, 0.29) is 11.9 Å². The second-order valence-corrected chi connectivity index (χ2v) is 6.01. The Morgan fingerprint density at radius 3 is 2.71 bits per heavy atom. The molecule has 5 heteroatoms. The molecule has 0 radical (unpaired) electrons. The molecule has 3 nitrogen and oxygen atoms in total. The molecule has 0 bridgehead atoms. The van der Waals surface area contributed by atoms with Gasteiger partial charge in [-0.3, -0.25) is 9.80 Å². The lowest BCUT2D eigenvalue weighted by Gasteiger charge is -2.30. The summed E-state index contributed by atoms with van der Waals surface area (Å²) < 4.78 is 14.2. The SMILES string of the molecule is CCN(CC)C1CCN(C(CN)c2ccc(Cl)cc2F)C1. The first-order valence-electron chi connectivity index (χ1n) is 7.73. The van der Waals surface area contributed by atoms with Gasteiger partial charge in [0, 0.05) is 42.3 Å². The Labute approximate surface area is 131 Å². The van der Waals surface area contributed by atoms with Crippen LogP contribution in [0.3, 0.4) is 0 Å². The minimum atomic E-state index is -0.260. The fourth-order valence-electron chi connectivity index (χ4n) is 3.33. The standard InChI is InChI=1S/C16H25ClFN3/c1-3-20(4-2)13-7-8-21(11-13)16(10-19)14-6-5-12(17)9-15(14)18/h5-6,9,13,16H,3-4,7-8,10-11,19H2,1-2H3. The monoisotopic (exact) mass is 313 g/mol. The molecule has 0 aromatic heterocycles. The molecule has 2 unspecified atom stereocenters. The molecule has 2 atom stereocenters. The first-order chi connectivity index (χ1) is 10.1. The molecule has 1 aliphatic heterocycles. The summed E-state index contributed by atoms with van der Waals surface area (Å²) in [7, 11) is 0. The third kappa shape index (κ3) is 3.75. The van der Waals surface area contributed by atoms with Gasteiger partial charge in [-0.2, -0.15) is 0 Å². The van der Waals surface area contributed by atoms with Crippen LogP contribution >= 0.6 is 11.6 Å². The van der Waals surface area contributed by atoms with Gasteiger partial charge in [-0.1, -0.05) is 31.5 Å². The van der Waals surface area contributed by atoms with Crippen molar-refractivity contribution in [2.75, 3.05) is 32.7 Å². The molecular weight excluding hydrogens is 289 g/mol. The van der Waals surface area contributed by atoms with Crippen molar-refractivity contribution in [3.63, 3.8) is 0 Å². The van der Waals surface area contributed by atoms with E-state index < -0.39 is 0 Å². The van der Waals surface area contributed by atoms with Crippen LogP contribution in [0.15, 0.2) is 18.2 Å². The summed E-state index contributed by atoms with van der Waals surface area (Å²) in [5.41, 5.74) is 6.58. The molecule has 1 saturated heterocycles. The van der Waals surface area contributed by atoms with E-state index in [0.29, 0.717) is 23.2 Å². The van der Waals surface area contributed by atoms with Gasteiger partial charge in [-0.15, -0.1) is 0 Å². The first-order valence-corrected chi connectivity index (χ1v) is 8.11. The summed E-state index contributed by atoms with van der Waals surface area (Å²) >= 11 is 5.84. The van der Waals surface area contributed by atoms with Gasteiger partial charge >= 0.3 is 0 Å². The number of nitrogens with zero attached hydrogens (tertiary/aromatic N) is 2. The number of likely N-dealkylation sites (N-methyl/N-ethyl adjacent to an activating group) is 1. The number of likely N-dealkylation sites (tertiary alicyclic amines) is 1. The quantitative estimate of drug-likeness (QED) is 0.876. The predicted octanol–water partition coefficient (Wildman–Crippen LogP) is 2.90. The Bertz CT molecular complexity index is 465. The normalized spacial score (nSPS) is 21.1. The number of hydrogen-bond donors (Lipinski definition) is 1. The maximum absolute atomic E-state index is 14.2. The van der Waals surface area contributed by atoms with E-state index in [0.717, 1.165) is 32.6 Å². The summed E-state index contributed by atoms with van der Waals surface area (Å²) in [6, 6.07) is 5.35. The highest BCUT2D eigenvalue weighted by molar-refractivity contribution is 6.30. The fraction of sp³-hybridized carbons (Fsp3) is 0.625. The number of hydrogen-bond acceptors (Lipinski definition) is 3. The van der Waals surface area contributed by atoms with E-state index >= 15 is 0 Å². The molecule has 1 heterocycles. The Hall–Kier alpha value is -0.680. The Balaban J connectivity index is 2.12. The fourth-order valence-corrected chi connectivity index (χ4v) is 3.49. The molecular formula is C16H25ClFN3. The molecule has 1 aromatic carbocycles. The van der Waals surface area contributed by atoms with Crippen molar-refractivity contribution in [1.82, 2.24) is 9.80 Å². The van der Waals surface area contributed by atoms with Crippen LogP contribution in [0, 0.1) is 5.82 Å². The van der Waals surface area contributed by atoms with E-state index in [1.54, 1.807) is 12.1 Å². The Morgan fingerprint density at radius 1 is 1.43 bits per heavy atom. The highest BCUT2D eigenvalue weighted by Gasteiger charge is 2.31. The van der Waals surface area contributed by atoms with E-state index in [4.69, 9.17) is 17.3 Å². The molecule has 0 saturated carbocycles. The number of benzene rings is 1. The maximum Gasteiger partial charge on any atom is 0.129 e. The van der Waals surface area contributed by atoms with Crippen LogP contribution in [-0.4, -0.2) is 48.6 Å². The highest BCUT2D eigenvalue weighted by Crippen LogP contribution is 2.29. The van der Waals surface area contributed by atoms with Gasteiger partial charge in [0.05, 0.1) is 0 Å². The third-order valence-corrected chi connectivity index (χ3v) is 4.74. The van der Waals surface area contributed by atoms with Crippen LogP contribution in [0.5, 0.6) is 0 Å². The number of rotatable bonds is 6. The number of nitrogens with two attached hydrogens (primary N) is 1. The molecule has 1 fully saturated rings. The van der Waals surface area contributed by atoms with Gasteiger partial charge in [-0.05, 0) is 31.6 Å². The topological polar surface area (TPSA) is 32.5 Å². The second-order valence-electron chi connectivity index (χ2n) is 5.58. The van der Waals surface area contributed by atoms with Crippen molar-refractivity contribution < 1.29 is 4.39 Å². The maximum atomic E-state index is 14.2. The van der Waals surface area contributed by atoms with Crippen molar-refractivity contribution in [3.05, 3.63) is 34.6 Å². The number of halogens is 2. The van der Waals surface area contributed by atoms with Crippen molar-refractivity contribution in [1.29, 1.82) is 0 Å². The summed E-state index contributed by atoms with van der Waals surface area (Å²) in [4.78, 5) is 4.76. The van der Waals surface area contributed by atoms with Crippen LogP contribution in [0.1, 0.15) is 31.9 Å². The van der Waals surface area contributed by atoms with Crippen molar-refractivity contribution >= 4 is 11.6 Å². The van der Waals surface area contributed by atoms with Crippen molar-refractivity contribution in [3.8, 4) is 0 Å². The average molecular weight is 314 g/mol. The minimum Gasteiger partial charge on any atom is -0.329 e.